The molecule has 0 saturated carbocycles. The van der Waals surface area contributed by atoms with Crippen LogP contribution in [0.25, 0.3) is 0 Å². The van der Waals surface area contributed by atoms with Crippen LogP contribution < -0.4 is 10.8 Å². The van der Waals surface area contributed by atoms with Crippen molar-refractivity contribution in [3.63, 3.8) is 0 Å². The predicted octanol–water partition coefficient (Wildman–Crippen LogP) is 1.23. The molecule has 0 saturated heterocycles. The Morgan fingerprint density at radius 2 is 2.38 bits per heavy atom. The van der Waals surface area contributed by atoms with Gasteiger partial charge in [-0.15, -0.1) is 26.9 Å². The summed E-state index contributed by atoms with van der Waals surface area (Å²) in [5, 5.41) is 17.0. The summed E-state index contributed by atoms with van der Waals surface area (Å²) in [6.07, 6.45) is 1.87. The Kier molecular flexibility index (Phi) is 3.95. The van der Waals surface area contributed by atoms with Crippen LogP contribution in [0.1, 0.15) is 0 Å². The topological polar surface area (TPSA) is 105 Å². The summed E-state index contributed by atoms with van der Waals surface area (Å²) in [4.78, 5) is 15.3. The Balaban J connectivity index is 3.00. The molecular formula is C8H10N4O3S. The van der Waals surface area contributed by atoms with E-state index in [4.69, 9.17) is 11.1 Å². The predicted molar refractivity (Wildman–Crippen MR) is 60.7 cm³/mol. The third-order valence-electron chi connectivity index (χ3n) is 1.65. The lowest BCUT2D eigenvalue weighted by atomic mass is 10.3. The van der Waals surface area contributed by atoms with Crippen LogP contribution in [-0.4, -0.2) is 17.3 Å². The number of nitrogens with two attached hydrogens (primary N) is 1. The van der Waals surface area contributed by atoms with Crippen molar-refractivity contribution in [3.05, 3.63) is 34.4 Å². The minimum Gasteiger partial charge on any atom is -0.368 e. The van der Waals surface area contributed by atoms with E-state index >= 15 is 0 Å². The molecule has 0 aromatic heterocycles. The van der Waals surface area contributed by atoms with E-state index in [0.29, 0.717) is 10.8 Å². The maximum Gasteiger partial charge on any atom is 0.317 e. The highest BCUT2D eigenvalue weighted by Crippen LogP contribution is 2.22. The molecule has 0 aliphatic rings. The average molecular weight is 242 g/mol. The molecule has 0 spiro atoms. The Bertz CT molecular complexity index is 412. The highest BCUT2D eigenvalue weighted by atomic mass is 32.2. The van der Waals surface area contributed by atoms with Crippen LogP contribution in [-0.2, 0) is 4.94 Å². The number of hydroxylamine groups is 1. The zero-order valence-electron chi connectivity index (χ0n) is 8.41. The molecule has 0 atom stereocenters. The number of nitrogens with zero attached hydrogens (tertiary/aromatic N) is 2. The first-order valence-electron chi connectivity index (χ1n) is 4.15. The summed E-state index contributed by atoms with van der Waals surface area (Å²) in [5.74, 6) is -0.560. The Morgan fingerprint density at radius 3 is 2.88 bits per heavy atom. The lowest BCUT2D eigenvalue weighted by molar-refractivity contribution is -0.758. The van der Waals surface area contributed by atoms with Crippen molar-refractivity contribution in [2.24, 2.45) is 5.73 Å². The number of anilines is 1. The Hall–Kier alpha value is -1.96. The largest absolute Gasteiger partial charge is 0.368 e. The first-order chi connectivity index (χ1) is 7.54. The van der Waals surface area contributed by atoms with Crippen LogP contribution in [0.2, 0.25) is 0 Å². The van der Waals surface area contributed by atoms with Crippen LogP contribution in [0.5, 0.6) is 0 Å². The zero-order chi connectivity index (χ0) is 12.1. The van der Waals surface area contributed by atoms with Gasteiger partial charge in [-0.3, -0.25) is 5.41 Å². The number of hydrogen-bond acceptors (Lipinski definition) is 5. The molecule has 1 aromatic carbocycles. The van der Waals surface area contributed by atoms with Crippen LogP contribution in [0.3, 0.4) is 0 Å². The quantitative estimate of drug-likeness (QED) is 0.270. The number of thioether (sulfide) groups is 1. The third-order valence-corrected chi connectivity index (χ3v) is 2.38. The van der Waals surface area contributed by atoms with Gasteiger partial charge in [0.25, 0.3) is 0 Å². The minimum absolute atomic E-state index is 0.330. The van der Waals surface area contributed by atoms with Gasteiger partial charge in [0.2, 0.25) is 5.96 Å². The Labute approximate surface area is 95.7 Å². The van der Waals surface area contributed by atoms with E-state index in [9.17, 15) is 10.1 Å². The monoisotopic (exact) mass is 242 g/mol. The molecule has 0 fully saturated rings. The van der Waals surface area contributed by atoms with E-state index in [0.717, 1.165) is 4.90 Å². The van der Waals surface area contributed by atoms with Crippen molar-refractivity contribution < 1.29 is 10.0 Å². The van der Waals surface area contributed by atoms with Crippen LogP contribution in [0.15, 0.2) is 29.2 Å². The van der Waals surface area contributed by atoms with E-state index in [1.807, 2.05) is 12.3 Å². The lowest BCUT2D eigenvalue weighted by Gasteiger charge is -2.18. The smallest absolute Gasteiger partial charge is 0.317 e. The SMILES string of the molecule is CSc1cccc(N(O[N+](=O)[O-])C(=N)N)c1. The average Bonchev–Trinajstić information content (AvgIpc) is 2.25. The highest BCUT2D eigenvalue weighted by Gasteiger charge is 2.14. The van der Waals surface area contributed by atoms with E-state index < -0.39 is 11.0 Å². The molecule has 0 aliphatic carbocycles. The van der Waals surface area contributed by atoms with E-state index in [1.165, 1.54) is 11.8 Å². The maximum atomic E-state index is 10.2. The summed E-state index contributed by atoms with van der Waals surface area (Å²) in [5.41, 5.74) is 5.51. The molecule has 0 heterocycles. The molecule has 86 valence electrons. The van der Waals surface area contributed by atoms with Crippen molar-refractivity contribution in [1.82, 2.24) is 0 Å². The second-order valence-corrected chi connectivity index (χ2v) is 3.57. The van der Waals surface area contributed by atoms with Crippen molar-refractivity contribution in [2.75, 3.05) is 11.3 Å². The number of rotatable bonds is 4. The molecule has 8 heteroatoms. The van der Waals surface area contributed by atoms with Gasteiger partial charge in [-0.05, 0) is 24.5 Å². The summed E-state index contributed by atoms with van der Waals surface area (Å²) in [6, 6.07) is 6.72. The van der Waals surface area contributed by atoms with Gasteiger partial charge < -0.3 is 5.73 Å². The van der Waals surface area contributed by atoms with Gasteiger partial charge in [-0.2, -0.15) is 4.94 Å². The van der Waals surface area contributed by atoms with Crippen LogP contribution in [0, 0.1) is 15.5 Å². The molecule has 0 unspecified atom stereocenters. The molecule has 3 N–H and O–H groups in total. The molecule has 0 aliphatic heterocycles. The fourth-order valence-corrected chi connectivity index (χ4v) is 1.49. The fraction of sp³-hybridized carbons (Fsp3) is 0.125. The maximum absolute atomic E-state index is 10.2. The van der Waals surface area contributed by atoms with Gasteiger partial charge >= 0.3 is 5.09 Å². The molecule has 1 rings (SSSR count). The summed E-state index contributed by atoms with van der Waals surface area (Å²) >= 11 is 1.47. The van der Waals surface area contributed by atoms with Crippen molar-refractivity contribution in [3.8, 4) is 0 Å². The van der Waals surface area contributed by atoms with Crippen molar-refractivity contribution in [1.29, 1.82) is 5.41 Å². The summed E-state index contributed by atoms with van der Waals surface area (Å²) in [6.45, 7) is 0. The third kappa shape index (κ3) is 3.02. The molecule has 0 radical (unpaired) electrons. The van der Waals surface area contributed by atoms with Gasteiger partial charge in [-0.1, -0.05) is 6.07 Å². The minimum atomic E-state index is -1.02. The standard InChI is InChI=1S/C8H10N4O3S/c1-16-7-4-2-3-6(5-7)11(8(9)10)15-12(13)14/h2-5H,1H3,(H3,9,10). The second-order valence-electron chi connectivity index (χ2n) is 2.69. The zero-order valence-corrected chi connectivity index (χ0v) is 9.23. The molecular weight excluding hydrogens is 232 g/mol. The molecule has 1 aromatic rings. The second kappa shape index (κ2) is 5.21. The molecule has 16 heavy (non-hydrogen) atoms. The summed E-state index contributed by atoms with van der Waals surface area (Å²) in [7, 11) is 0. The van der Waals surface area contributed by atoms with E-state index in [1.54, 1.807) is 18.2 Å². The Morgan fingerprint density at radius 1 is 1.69 bits per heavy atom. The van der Waals surface area contributed by atoms with E-state index in [2.05, 4.69) is 4.94 Å². The molecule has 0 bridgehead atoms. The van der Waals surface area contributed by atoms with Gasteiger partial charge in [0.15, 0.2) is 0 Å². The number of benzene rings is 1. The fourth-order valence-electron chi connectivity index (χ4n) is 1.03. The van der Waals surface area contributed by atoms with Gasteiger partial charge in [0, 0.05) is 4.90 Å². The number of nitrogens with one attached hydrogen (secondary N) is 1. The number of hydrogen-bond donors (Lipinski definition) is 2. The van der Waals surface area contributed by atoms with Gasteiger partial charge in [0.05, 0.1) is 5.69 Å². The lowest BCUT2D eigenvalue weighted by Crippen LogP contribution is -2.38. The number of guanidine groups is 1. The molecule has 7 nitrogen and oxygen atoms in total. The van der Waals surface area contributed by atoms with Crippen LogP contribution in [0.4, 0.5) is 5.69 Å². The molecule has 0 amide bonds. The van der Waals surface area contributed by atoms with E-state index in [-0.39, 0.29) is 0 Å². The van der Waals surface area contributed by atoms with Crippen LogP contribution >= 0.6 is 11.8 Å². The first kappa shape index (κ1) is 12.1. The van der Waals surface area contributed by atoms with Gasteiger partial charge in [0.1, 0.15) is 0 Å². The highest BCUT2D eigenvalue weighted by molar-refractivity contribution is 7.98. The van der Waals surface area contributed by atoms with Gasteiger partial charge in [-0.25, -0.2) is 0 Å². The van der Waals surface area contributed by atoms with Crippen molar-refractivity contribution in [2.45, 2.75) is 4.90 Å². The van der Waals surface area contributed by atoms with Crippen molar-refractivity contribution >= 4 is 23.4 Å². The normalized spacial score (nSPS) is 9.56. The summed E-state index contributed by atoms with van der Waals surface area (Å²) < 4.78 is 0. The first-order valence-corrected chi connectivity index (χ1v) is 5.37.